The lowest BCUT2D eigenvalue weighted by Crippen LogP contribution is -2.36. The fourth-order valence-electron chi connectivity index (χ4n) is 3.05. The van der Waals surface area contributed by atoms with Gasteiger partial charge in [-0.25, -0.2) is 0 Å². The molecule has 3 heteroatoms. The normalized spacial score (nSPS) is 29.6. The molecule has 0 aliphatic carbocycles. The minimum Gasteiger partial charge on any atom is -0.378 e. The van der Waals surface area contributed by atoms with Crippen molar-refractivity contribution in [2.24, 2.45) is 5.92 Å². The maximum Gasteiger partial charge on any atom is 0.0576 e. The third kappa shape index (κ3) is 4.53. The fraction of sp³-hybridized carbons (Fsp3) is 1.00. The molecule has 2 rings (SSSR count). The summed E-state index contributed by atoms with van der Waals surface area (Å²) in [5.74, 6) is 0.893. The van der Waals surface area contributed by atoms with Gasteiger partial charge in [-0.3, -0.25) is 0 Å². The van der Waals surface area contributed by atoms with Gasteiger partial charge in [0.25, 0.3) is 0 Å². The molecular formula is C14H26BrNO. The van der Waals surface area contributed by atoms with E-state index in [0.717, 1.165) is 12.5 Å². The van der Waals surface area contributed by atoms with Gasteiger partial charge in [0.1, 0.15) is 0 Å². The summed E-state index contributed by atoms with van der Waals surface area (Å²) >= 11 is 3.72. The lowest BCUT2D eigenvalue weighted by atomic mass is 9.94. The van der Waals surface area contributed by atoms with Gasteiger partial charge < -0.3 is 9.64 Å². The summed E-state index contributed by atoms with van der Waals surface area (Å²) in [5, 5.41) is 0. The largest absolute Gasteiger partial charge is 0.378 e. The van der Waals surface area contributed by atoms with Crippen molar-refractivity contribution in [3.8, 4) is 0 Å². The molecule has 0 aromatic rings. The molecule has 2 heterocycles. The Hall–Kier alpha value is 0.400. The van der Waals surface area contributed by atoms with Crippen LogP contribution in [-0.2, 0) is 4.74 Å². The number of alkyl halides is 1. The molecule has 0 N–H and O–H groups in total. The van der Waals surface area contributed by atoms with Crippen LogP contribution in [0.4, 0.5) is 0 Å². The molecule has 0 radical (unpaired) electrons. The molecule has 2 atom stereocenters. The number of hydrogen-bond donors (Lipinski definition) is 0. The van der Waals surface area contributed by atoms with Gasteiger partial charge >= 0.3 is 0 Å². The van der Waals surface area contributed by atoms with Crippen LogP contribution in [0, 0.1) is 5.92 Å². The Morgan fingerprint density at radius 2 is 2.06 bits per heavy atom. The highest BCUT2D eigenvalue weighted by molar-refractivity contribution is 9.09. The van der Waals surface area contributed by atoms with E-state index in [0.29, 0.717) is 10.9 Å². The second kappa shape index (κ2) is 7.10. The molecule has 2 nitrogen and oxygen atoms in total. The molecule has 0 saturated carbocycles. The predicted octanol–water partition coefficient (Wildman–Crippen LogP) is 3.44. The Labute approximate surface area is 114 Å². The smallest absolute Gasteiger partial charge is 0.0576 e. The van der Waals surface area contributed by atoms with Crippen LogP contribution in [0.5, 0.6) is 0 Å². The molecule has 2 aliphatic rings. The van der Waals surface area contributed by atoms with Gasteiger partial charge in [0.2, 0.25) is 0 Å². The lowest BCUT2D eigenvalue weighted by molar-refractivity contribution is 0.0960. The first-order valence-corrected chi connectivity index (χ1v) is 8.15. The number of hydrogen-bond acceptors (Lipinski definition) is 2. The summed E-state index contributed by atoms with van der Waals surface area (Å²) in [6.07, 6.45) is 8.48. The average molecular weight is 304 g/mol. The number of nitrogens with zero attached hydrogens (tertiary/aromatic N) is 1. The van der Waals surface area contributed by atoms with Crippen molar-refractivity contribution < 1.29 is 4.74 Å². The Kier molecular flexibility index (Phi) is 5.78. The Balaban J connectivity index is 1.55. The van der Waals surface area contributed by atoms with E-state index in [-0.39, 0.29) is 0 Å². The minimum absolute atomic E-state index is 0.579. The van der Waals surface area contributed by atoms with Crippen LogP contribution in [0.15, 0.2) is 0 Å². The van der Waals surface area contributed by atoms with E-state index >= 15 is 0 Å². The quantitative estimate of drug-likeness (QED) is 0.721. The van der Waals surface area contributed by atoms with E-state index in [4.69, 9.17) is 4.74 Å². The van der Waals surface area contributed by atoms with Gasteiger partial charge in [0.15, 0.2) is 0 Å². The first kappa shape index (κ1) is 13.8. The average Bonchev–Trinajstić information content (AvgIpc) is 2.83. The van der Waals surface area contributed by atoms with Crippen molar-refractivity contribution in [2.45, 2.75) is 56.4 Å². The molecular weight excluding hydrogens is 278 g/mol. The van der Waals surface area contributed by atoms with Gasteiger partial charge in [-0.2, -0.15) is 0 Å². The van der Waals surface area contributed by atoms with Crippen molar-refractivity contribution >= 4 is 15.9 Å². The molecule has 17 heavy (non-hydrogen) atoms. The lowest BCUT2D eigenvalue weighted by Gasteiger charge is -2.33. The summed E-state index contributed by atoms with van der Waals surface area (Å²) in [4.78, 5) is 3.33. The number of piperidine rings is 1. The highest BCUT2D eigenvalue weighted by Gasteiger charge is 2.22. The monoisotopic (exact) mass is 303 g/mol. The van der Waals surface area contributed by atoms with Crippen molar-refractivity contribution in [3.63, 3.8) is 0 Å². The van der Waals surface area contributed by atoms with Crippen molar-refractivity contribution in [1.29, 1.82) is 0 Å². The van der Waals surface area contributed by atoms with Crippen LogP contribution < -0.4 is 0 Å². The first-order valence-electron chi connectivity index (χ1n) is 7.23. The van der Waals surface area contributed by atoms with Gasteiger partial charge in [0, 0.05) is 11.4 Å². The highest BCUT2D eigenvalue weighted by Crippen LogP contribution is 2.25. The van der Waals surface area contributed by atoms with Crippen LogP contribution in [0.3, 0.4) is 0 Å². The van der Waals surface area contributed by atoms with E-state index in [1.165, 1.54) is 58.2 Å². The zero-order valence-corrected chi connectivity index (χ0v) is 12.6. The number of ether oxygens (including phenoxy) is 1. The maximum atomic E-state index is 5.67. The summed E-state index contributed by atoms with van der Waals surface area (Å²) < 4.78 is 5.67. The number of likely N-dealkylation sites (tertiary alicyclic amines) is 1. The molecule has 2 unspecified atom stereocenters. The Morgan fingerprint density at radius 3 is 2.65 bits per heavy atom. The highest BCUT2D eigenvalue weighted by atomic mass is 79.9. The van der Waals surface area contributed by atoms with Crippen LogP contribution in [0.2, 0.25) is 0 Å². The Bertz CT molecular complexity index is 208. The van der Waals surface area contributed by atoms with E-state index in [1.54, 1.807) is 0 Å². The first-order chi connectivity index (χ1) is 8.25. The molecule has 0 amide bonds. The second-order valence-corrected chi connectivity index (χ2v) is 7.08. The summed E-state index contributed by atoms with van der Waals surface area (Å²) in [6, 6.07) is 0. The third-order valence-electron chi connectivity index (χ3n) is 4.31. The molecule has 0 aromatic carbocycles. The van der Waals surface area contributed by atoms with Crippen LogP contribution in [-0.4, -0.2) is 42.1 Å². The molecule has 0 bridgehead atoms. The Morgan fingerprint density at radius 1 is 1.29 bits per heavy atom. The maximum absolute atomic E-state index is 5.67. The van der Waals surface area contributed by atoms with Gasteiger partial charge in [-0.1, -0.05) is 22.9 Å². The molecule has 100 valence electrons. The molecule has 2 fully saturated rings. The predicted molar refractivity (Wildman–Crippen MR) is 75.8 cm³/mol. The number of rotatable bonds is 5. The van der Waals surface area contributed by atoms with Crippen LogP contribution in [0.1, 0.15) is 45.4 Å². The van der Waals surface area contributed by atoms with Crippen LogP contribution >= 0.6 is 15.9 Å². The van der Waals surface area contributed by atoms with E-state index in [2.05, 4.69) is 27.8 Å². The van der Waals surface area contributed by atoms with Gasteiger partial charge in [-0.05, 0) is 64.1 Å². The van der Waals surface area contributed by atoms with Crippen LogP contribution in [0.25, 0.3) is 0 Å². The van der Waals surface area contributed by atoms with E-state index in [1.807, 2.05) is 0 Å². The summed E-state index contributed by atoms with van der Waals surface area (Å²) in [6.45, 7) is 7.17. The summed E-state index contributed by atoms with van der Waals surface area (Å²) in [5.41, 5.74) is 0. The standard InChI is InChI=1S/C14H26BrNO/c1-12(15)13-6-9-16(10-7-13)8-2-4-14-5-3-11-17-14/h12-14H,2-11H2,1H3. The third-order valence-corrected chi connectivity index (χ3v) is 5.05. The SMILES string of the molecule is CC(Br)C1CCN(CCCC2CCCO2)CC1. The molecule has 0 spiro atoms. The van der Waals surface area contributed by atoms with Crippen molar-refractivity contribution in [2.75, 3.05) is 26.2 Å². The van der Waals surface area contributed by atoms with Gasteiger partial charge in [-0.15, -0.1) is 0 Å². The minimum atomic E-state index is 0.579. The zero-order valence-electron chi connectivity index (χ0n) is 11.0. The molecule has 2 aliphatic heterocycles. The second-order valence-electron chi connectivity index (χ2n) is 5.63. The molecule has 0 aromatic heterocycles. The van der Waals surface area contributed by atoms with Crippen molar-refractivity contribution in [3.05, 3.63) is 0 Å². The molecule has 2 saturated heterocycles. The number of halogens is 1. The van der Waals surface area contributed by atoms with E-state index < -0.39 is 0 Å². The zero-order chi connectivity index (χ0) is 12.1. The summed E-state index contributed by atoms with van der Waals surface area (Å²) in [7, 11) is 0. The topological polar surface area (TPSA) is 12.5 Å². The van der Waals surface area contributed by atoms with E-state index in [9.17, 15) is 0 Å². The van der Waals surface area contributed by atoms with Crippen molar-refractivity contribution in [1.82, 2.24) is 4.90 Å². The fourth-order valence-corrected chi connectivity index (χ4v) is 3.58. The van der Waals surface area contributed by atoms with Gasteiger partial charge in [0.05, 0.1) is 6.10 Å².